The van der Waals surface area contributed by atoms with E-state index in [-0.39, 0.29) is 6.10 Å². The van der Waals surface area contributed by atoms with Crippen LogP contribution in [0.15, 0.2) is 0 Å². The second kappa shape index (κ2) is 6.88. The first-order valence-electron chi connectivity index (χ1n) is 7.08. The Labute approximate surface area is 119 Å². The van der Waals surface area contributed by atoms with Gasteiger partial charge in [-0.2, -0.15) is 5.26 Å². The van der Waals surface area contributed by atoms with Gasteiger partial charge in [-0.05, 0) is 18.3 Å². The number of morpholine rings is 1. The van der Waals surface area contributed by atoms with Crippen molar-refractivity contribution in [2.45, 2.75) is 44.6 Å². The van der Waals surface area contributed by atoms with Crippen LogP contribution in [0.25, 0.3) is 0 Å². The van der Waals surface area contributed by atoms with Gasteiger partial charge in [0, 0.05) is 25.0 Å². The zero-order chi connectivity index (χ0) is 12.8. The number of alkyl halides is 1. The number of ether oxygens (including phenoxy) is 1. The molecular weight excluding hydrogens is 292 g/mol. The van der Waals surface area contributed by atoms with Gasteiger partial charge >= 0.3 is 0 Å². The van der Waals surface area contributed by atoms with E-state index in [2.05, 4.69) is 26.9 Å². The van der Waals surface area contributed by atoms with E-state index in [9.17, 15) is 0 Å². The Balaban J connectivity index is 1.94. The van der Waals surface area contributed by atoms with Crippen molar-refractivity contribution in [3.63, 3.8) is 0 Å². The third-order valence-corrected chi connectivity index (χ3v) is 5.49. The summed E-state index contributed by atoms with van der Waals surface area (Å²) in [5.41, 5.74) is 0.424. The van der Waals surface area contributed by atoms with Gasteiger partial charge in [0.05, 0.1) is 12.7 Å². The minimum Gasteiger partial charge on any atom is -0.361 e. The summed E-state index contributed by atoms with van der Waals surface area (Å²) < 4.78 is 5.42. The number of nitriles is 1. The third kappa shape index (κ3) is 3.69. The number of rotatable bonds is 3. The van der Waals surface area contributed by atoms with Crippen LogP contribution in [0.4, 0.5) is 0 Å². The van der Waals surface area contributed by atoms with Crippen molar-refractivity contribution in [1.82, 2.24) is 4.90 Å². The molecule has 1 heterocycles. The molecule has 2 fully saturated rings. The van der Waals surface area contributed by atoms with Crippen molar-refractivity contribution in [2.75, 3.05) is 31.6 Å². The van der Waals surface area contributed by atoms with Crippen molar-refractivity contribution < 1.29 is 4.74 Å². The maximum atomic E-state index is 8.97. The molecule has 3 nitrogen and oxygen atoms in total. The van der Waals surface area contributed by atoms with Gasteiger partial charge in [0.15, 0.2) is 6.10 Å². The number of hydrogen-bond acceptors (Lipinski definition) is 3. The molecule has 1 unspecified atom stereocenters. The van der Waals surface area contributed by atoms with Crippen molar-refractivity contribution in [3.8, 4) is 6.07 Å². The van der Waals surface area contributed by atoms with Crippen LogP contribution in [-0.4, -0.2) is 42.6 Å². The van der Waals surface area contributed by atoms with Crippen LogP contribution in [0.3, 0.4) is 0 Å². The van der Waals surface area contributed by atoms with Crippen molar-refractivity contribution >= 4 is 15.9 Å². The van der Waals surface area contributed by atoms with Crippen LogP contribution in [-0.2, 0) is 4.74 Å². The van der Waals surface area contributed by atoms with Gasteiger partial charge in [0.1, 0.15) is 0 Å². The lowest BCUT2D eigenvalue weighted by Crippen LogP contribution is -2.47. The van der Waals surface area contributed by atoms with Crippen LogP contribution in [0, 0.1) is 16.7 Å². The average molecular weight is 315 g/mol. The highest BCUT2D eigenvalue weighted by Gasteiger charge is 2.33. The Morgan fingerprint density at radius 1 is 1.28 bits per heavy atom. The molecule has 4 heteroatoms. The summed E-state index contributed by atoms with van der Waals surface area (Å²) in [6, 6.07) is 2.24. The molecule has 1 saturated carbocycles. The molecule has 18 heavy (non-hydrogen) atoms. The topological polar surface area (TPSA) is 36.3 Å². The molecule has 0 radical (unpaired) electrons. The van der Waals surface area contributed by atoms with Gasteiger partial charge in [-0.1, -0.05) is 41.6 Å². The fourth-order valence-electron chi connectivity index (χ4n) is 3.21. The van der Waals surface area contributed by atoms with Gasteiger partial charge in [-0.15, -0.1) is 0 Å². The molecule has 1 aliphatic heterocycles. The Morgan fingerprint density at radius 2 is 2.00 bits per heavy atom. The smallest absolute Gasteiger partial charge is 0.156 e. The lowest BCUT2D eigenvalue weighted by atomic mass is 9.82. The summed E-state index contributed by atoms with van der Waals surface area (Å²) in [5, 5.41) is 10.1. The zero-order valence-corrected chi connectivity index (χ0v) is 12.6. The molecule has 0 amide bonds. The molecule has 1 aliphatic carbocycles. The Morgan fingerprint density at radius 3 is 2.61 bits per heavy atom. The van der Waals surface area contributed by atoms with E-state index in [1.165, 1.54) is 38.5 Å². The maximum absolute atomic E-state index is 8.97. The van der Waals surface area contributed by atoms with Gasteiger partial charge in [0.25, 0.3) is 0 Å². The van der Waals surface area contributed by atoms with Gasteiger partial charge in [-0.25, -0.2) is 0 Å². The summed E-state index contributed by atoms with van der Waals surface area (Å²) >= 11 is 3.74. The lowest BCUT2D eigenvalue weighted by molar-refractivity contribution is -0.0151. The van der Waals surface area contributed by atoms with E-state index in [4.69, 9.17) is 10.00 Å². The summed E-state index contributed by atoms with van der Waals surface area (Å²) in [6.07, 6.45) is 7.92. The first kappa shape index (κ1) is 14.3. The van der Waals surface area contributed by atoms with E-state index in [1.807, 2.05) is 0 Å². The van der Waals surface area contributed by atoms with E-state index in [0.29, 0.717) is 12.0 Å². The van der Waals surface area contributed by atoms with Crippen LogP contribution >= 0.6 is 15.9 Å². The molecule has 0 bridgehead atoms. The second-order valence-electron chi connectivity index (χ2n) is 5.77. The number of halogens is 1. The molecule has 0 aromatic rings. The van der Waals surface area contributed by atoms with Crippen molar-refractivity contribution in [3.05, 3.63) is 0 Å². The minimum absolute atomic E-state index is 0.225. The fourth-order valence-corrected chi connectivity index (χ4v) is 3.95. The van der Waals surface area contributed by atoms with Crippen LogP contribution in [0.2, 0.25) is 0 Å². The molecule has 2 rings (SSSR count). The quantitative estimate of drug-likeness (QED) is 0.593. The third-order valence-electron chi connectivity index (χ3n) is 4.30. The van der Waals surface area contributed by atoms with Crippen molar-refractivity contribution in [2.24, 2.45) is 5.41 Å². The van der Waals surface area contributed by atoms with Gasteiger partial charge in [0.2, 0.25) is 0 Å². The second-order valence-corrected chi connectivity index (χ2v) is 6.33. The molecule has 0 spiro atoms. The van der Waals surface area contributed by atoms with Crippen LogP contribution in [0.5, 0.6) is 0 Å². The summed E-state index contributed by atoms with van der Waals surface area (Å²) in [5.74, 6) is 0. The van der Waals surface area contributed by atoms with E-state index in [1.54, 1.807) is 0 Å². The highest BCUT2D eigenvalue weighted by molar-refractivity contribution is 9.09. The molecular formula is C14H23BrN2O. The summed E-state index contributed by atoms with van der Waals surface area (Å²) in [7, 11) is 0. The minimum atomic E-state index is -0.225. The summed E-state index contributed by atoms with van der Waals surface area (Å²) in [6.45, 7) is 3.59. The van der Waals surface area contributed by atoms with E-state index in [0.717, 1.165) is 25.0 Å². The van der Waals surface area contributed by atoms with Crippen molar-refractivity contribution in [1.29, 1.82) is 5.26 Å². The van der Waals surface area contributed by atoms with Gasteiger partial charge < -0.3 is 4.74 Å². The lowest BCUT2D eigenvalue weighted by Gasteiger charge is -2.39. The number of hydrogen-bond donors (Lipinski definition) is 0. The monoisotopic (exact) mass is 314 g/mol. The molecule has 2 aliphatic rings. The molecule has 1 atom stereocenters. The molecule has 0 aromatic heterocycles. The molecule has 102 valence electrons. The highest BCUT2D eigenvalue weighted by Crippen LogP contribution is 2.37. The van der Waals surface area contributed by atoms with E-state index < -0.39 is 0 Å². The highest BCUT2D eigenvalue weighted by atomic mass is 79.9. The van der Waals surface area contributed by atoms with Crippen LogP contribution < -0.4 is 0 Å². The predicted octanol–water partition coefficient (Wildman–Crippen LogP) is 2.95. The normalized spacial score (nSPS) is 29.4. The average Bonchev–Trinajstić information content (AvgIpc) is 2.65. The molecule has 1 saturated heterocycles. The number of nitrogens with zero attached hydrogens (tertiary/aromatic N) is 2. The van der Waals surface area contributed by atoms with Crippen LogP contribution in [0.1, 0.15) is 38.5 Å². The molecule has 0 N–H and O–H groups in total. The SMILES string of the molecule is N#CC1CN(CC2(CBr)CCCCCC2)CCO1. The predicted molar refractivity (Wildman–Crippen MR) is 75.7 cm³/mol. The summed E-state index contributed by atoms with van der Waals surface area (Å²) in [4.78, 5) is 2.43. The Kier molecular flexibility index (Phi) is 5.47. The Bertz CT molecular complexity index is 295. The maximum Gasteiger partial charge on any atom is 0.156 e. The van der Waals surface area contributed by atoms with E-state index >= 15 is 0 Å². The molecule has 0 aromatic carbocycles. The standard InChI is InChI=1S/C14H23BrN2O/c15-11-14(5-3-1-2-4-6-14)12-17-7-8-18-13(9-16)10-17/h13H,1-8,10-12H2. The fraction of sp³-hybridized carbons (Fsp3) is 0.929. The largest absolute Gasteiger partial charge is 0.361 e. The van der Waals surface area contributed by atoms with Gasteiger partial charge in [-0.3, -0.25) is 4.90 Å². The first-order chi connectivity index (χ1) is 8.78. The Hall–Kier alpha value is -0.110. The first-order valence-corrected chi connectivity index (χ1v) is 8.20. The zero-order valence-electron chi connectivity index (χ0n) is 11.0.